The summed E-state index contributed by atoms with van der Waals surface area (Å²) in [5, 5.41) is 10.9. The van der Waals surface area contributed by atoms with Crippen LogP contribution in [0.2, 0.25) is 0 Å². The molecule has 0 radical (unpaired) electrons. The number of hydrogen-bond acceptors (Lipinski definition) is 1. The van der Waals surface area contributed by atoms with E-state index in [-0.39, 0.29) is 0 Å². The Morgan fingerprint density at radius 1 is 1.33 bits per heavy atom. The summed E-state index contributed by atoms with van der Waals surface area (Å²) in [6.07, 6.45) is 0.638. The second-order valence-electron chi connectivity index (χ2n) is 4.52. The molecule has 1 heterocycles. The Morgan fingerprint density at radius 2 is 2.07 bits per heavy atom. The molecule has 0 saturated heterocycles. The maximum atomic E-state index is 9.72. The minimum atomic E-state index is -0.669. The van der Waals surface area contributed by atoms with Crippen LogP contribution in [0.4, 0.5) is 0 Å². The number of rotatable bonds is 2. The van der Waals surface area contributed by atoms with E-state index in [1.807, 2.05) is 26.0 Å². The van der Waals surface area contributed by atoms with Gasteiger partial charge in [-0.05, 0) is 38.1 Å². The van der Waals surface area contributed by atoms with Crippen LogP contribution in [-0.2, 0) is 6.42 Å². The van der Waals surface area contributed by atoms with Crippen molar-refractivity contribution in [2.75, 3.05) is 0 Å². The normalized spacial score (nSPS) is 12.3. The fourth-order valence-electron chi connectivity index (χ4n) is 1.72. The molecule has 0 fully saturated rings. The first-order valence-electron chi connectivity index (χ1n) is 4.94. The topological polar surface area (TPSA) is 36.0 Å². The summed E-state index contributed by atoms with van der Waals surface area (Å²) in [6.45, 7) is 3.63. The third kappa shape index (κ3) is 2.61. The predicted molar refractivity (Wildman–Crippen MR) is 66.0 cm³/mol. The summed E-state index contributed by atoms with van der Waals surface area (Å²) in [7, 11) is 0. The molecule has 0 spiro atoms. The van der Waals surface area contributed by atoms with E-state index in [0.29, 0.717) is 6.42 Å². The number of hydrogen-bond donors (Lipinski definition) is 2. The predicted octanol–water partition coefficient (Wildman–Crippen LogP) is 3.24. The average molecular weight is 268 g/mol. The highest BCUT2D eigenvalue weighted by Gasteiger charge is 2.14. The summed E-state index contributed by atoms with van der Waals surface area (Å²) < 4.78 is 1.07. The van der Waals surface area contributed by atoms with Gasteiger partial charge in [0.2, 0.25) is 0 Å². The molecule has 2 nitrogen and oxygen atoms in total. The highest BCUT2D eigenvalue weighted by molar-refractivity contribution is 9.10. The van der Waals surface area contributed by atoms with Crippen molar-refractivity contribution in [3.8, 4) is 0 Å². The maximum Gasteiger partial charge on any atom is 0.0646 e. The van der Waals surface area contributed by atoms with Gasteiger partial charge < -0.3 is 10.1 Å². The lowest BCUT2D eigenvalue weighted by molar-refractivity contribution is 0.0801. The molecule has 15 heavy (non-hydrogen) atoms. The molecule has 1 aromatic heterocycles. The Bertz CT molecular complexity index is 482. The van der Waals surface area contributed by atoms with Gasteiger partial charge in [-0.15, -0.1) is 0 Å². The van der Waals surface area contributed by atoms with Crippen LogP contribution in [0.5, 0.6) is 0 Å². The van der Waals surface area contributed by atoms with Crippen molar-refractivity contribution in [3.63, 3.8) is 0 Å². The Morgan fingerprint density at radius 3 is 2.73 bits per heavy atom. The SMILES string of the molecule is CC(C)(O)Cc1cc2cc(Br)ccc2[nH]1. The van der Waals surface area contributed by atoms with E-state index in [1.165, 1.54) is 5.39 Å². The summed E-state index contributed by atoms with van der Waals surface area (Å²) >= 11 is 3.44. The van der Waals surface area contributed by atoms with Crippen LogP contribution in [0.3, 0.4) is 0 Å². The smallest absolute Gasteiger partial charge is 0.0646 e. The molecule has 0 unspecified atom stereocenters. The van der Waals surface area contributed by atoms with Crippen LogP contribution in [0.1, 0.15) is 19.5 Å². The second-order valence-corrected chi connectivity index (χ2v) is 5.43. The lowest BCUT2D eigenvalue weighted by atomic mass is 10.0. The van der Waals surface area contributed by atoms with Gasteiger partial charge in [0.25, 0.3) is 0 Å². The molecular weight excluding hydrogens is 254 g/mol. The number of H-pyrrole nitrogens is 1. The van der Waals surface area contributed by atoms with Crippen molar-refractivity contribution in [1.82, 2.24) is 4.98 Å². The van der Waals surface area contributed by atoms with Crippen LogP contribution >= 0.6 is 15.9 Å². The van der Waals surface area contributed by atoms with Gasteiger partial charge in [-0.3, -0.25) is 0 Å². The zero-order chi connectivity index (χ0) is 11.1. The van der Waals surface area contributed by atoms with Gasteiger partial charge in [-0.25, -0.2) is 0 Å². The molecule has 2 rings (SSSR count). The standard InChI is InChI=1S/C12H14BrNO/c1-12(2,15)7-10-6-8-5-9(13)3-4-11(8)14-10/h3-6,14-15H,7H2,1-2H3. The minimum absolute atomic E-state index is 0.638. The Kier molecular flexibility index (Phi) is 2.61. The van der Waals surface area contributed by atoms with Crippen molar-refractivity contribution in [3.05, 3.63) is 34.4 Å². The van der Waals surface area contributed by atoms with Crippen LogP contribution in [0, 0.1) is 0 Å². The molecule has 80 valence electrons. The van der Waals surface area contributed by atoms with Crippen LogP contribution < -0.4 is 0 Å². The van der Waals surface area contributed by atoms with Gasteiger partial charge in [0.15, 0.2) is 0 Å². The van der Waals surface area contributed by atoms with Crippen LogP contribution in [0.25, 0.3) is 10.9 Å². The number of fused-ring (bicyclic) bond motifs is 1. The van der Waals surface area contributed by atoms with Crippen molar-refractivity contribution < 1.29 is 5.11 Å². The lowest BCUT2D eigenvalue weighted by Crippen LogP contribution is -2.21. The van der Waals surface area contributed by atoms with E-state index < -0.39 is 5.60 Å². The number of aromatic amines is 1. The third-order valence-corrected chi connectivity index (χ3v) is 2.75. The van der Waals surface area contributed by atoms with Gasteiger partial charge in [0.05, 0.1) is 5.60 Å². The van der Waals surface area contributed by atoms with Crippen molar-refractivity contribution in [2.24, 2.45) is 0 Å². The molecule has 0 aliphatic carbocycles. The Labute approximate surface area is 97.4 Å². The van der Waals surface area contributed by atoms with E-state index in [1.54, 1.807) is 0 Å². The molecule has 0 bridgehead atoms. The molecule has 0 amide bonds. The van der Waals surface area contributed by atoms with Gasteiger partial charge in [-0.2, -0.15) is 0 Å². The summed E-state index contributed by atoms with van der Waals surface area (Å²) in [4.78, 5) is 3.30. The monoisotopic (exact) mass is 267 g/mol. The van der Waals surface area contributed by atoms with Gasteiger partial charge in [0, 0.05) is 27.5 Å². The van der Waals surface area contributed by atoms with E-state index in [2.05, 4.69) is 33.0 Å². The summed E-state index contributed by atoms with van der Waals surface area (Å²) in [5.41, 5.74) is 1.51. The molecule has 0 aliphatic rings. The third-order valence-electron chi connectivity index (χ3n) is 2.26. The number of aliphatic hydroxyl groups is 1. The minimum Gasteiger partial charge on any atom is -0.390 e. The largest absolute Gasteiger partial charge is 0.390 e. The molecule has 3 heteroatoms. The first-order valence-corrected chi connectivity index (χ1v) is 5.73. The van der Waals surface area contributed by atoms with E-state index in [0.717, 1.165) is 15.7 Å². The van der Waals surface area contributed by atoms with E-state index >= 15 is 0 Å². The fraction of sp³-hybridized carbons (Fsp3) is 0.333. The number of aromatic nitrogens is 1. The second kappa shape index (κ2) is 3.65. The number of nitrogens with one attached hydrogen (secondary N) is 1. The number of halogens is 1. The molecule has 0 aliphatic heterocycles. The molecular formula is C12H14BrNO. The highest BCUT2D eigenvalue weighted by Crippen LogP contribution is 2.22. The first kappa shape index (κ1) is 10.7. The van der Waals surface area contributed by atoms with Crippen molar-refractivity contribution in [2.45, 2.75) is 25.9 Å². The van der Waals surface area contributed by atoms with E-state index in [4.69, 9.17) is 0 Å². The van der Waals surface area contributed by atoms with Gasteiger partial charge >= 0.3 is 0 Å². The van der Waals surface area contributed by atoms with Crippen LogP contribution in [0.15, 0.2) is 28.7 Å². The molecule has 0 atom stereocenters. The fourth-order valence-corrected chi connectivity index (χ4v) is 2.10. The Balaban J connectivity index is 2.39. The van der Waals surface area contributed by atoms with Crippen LogP contribution in [-0.4, -0.2) is 15.7 Å². The Hall–Kier alpha value is -0.800. The van der Waals surface area contributed by atoms with E-state index in [9.17, 15) is 5.11 Å². The summed E-state index contributed by atoms with van der Waals surface area (Å²) in [5.74, 6) is 0. The quantitative estimate of drug-likeness (QED) is 0.861. The van der Waals surface area contributed by atoms with Gasteiger partial charge in [0.1, 0.15) is 0 Å². The lowest BCUT2D eigenvalue weighted by Gasteiger charge is -2.15. The molecule has 0 saturated carbocycles. The maximum absolute atomic E-state index is 9.72. The zero-order valence-corrected chi connectivity index (χ0v) is 10.4. The van der Waals surface area contributed by atoms with Crippen molar-refractivity contribution >= 4 is 26.8 Å². The zero-order valence-electron chi connectivity index (χ0n) is 8.84. The molecule has 1 aromatic carbocycles. The van der Waals surface area contributed by atoms with Crippen molar-refractivity contribution in [1.29, 1.82) is 0 Å². The highest BCUT2D eigenvalue weighted by atomic mass is 79.9. The summed E-state index contributed by atoms with van der Waals surface area (Å²) in [6, 6.07) is 8.19. The number of benzene rings is 1. The average Bonchev–Trinajstić information content (AvgIpc) is 2.42. The molecule has 2 aromatic rings. The van der Waals surface area contributed by atoms with Gasteiger partial charge in [-0.1, -0.05) is 15.9 Å². The molecule has 2 N–H and O–H groups in total. The first-order chi connectivity index (χ1) is 6.94.